The molecule has 1 aromatic carbocycles. The maximum Gasteiger partial charge on any atom is 0.271 e. The Bertz CT molecular complexity index is 599. The molecule has 0 atom stereocenters. The maximum atomic E-state index is 12.0. The normalized spacial score (nSPS) is 14.5. The van der Waals surface area contributed by atoms with E-state index in [0.717, 1.165) is 0 Å². The van der Waals surface area contributed by atoms with Gasteiger partial charge in [-0.25, -0.2) is 5.43 Å². The van der Waals surface area contributed by atoms with Crippen molar-refractivity contribution in [2.24, 2.45) is 5.10 Å². The van der Waals surface area contributed by atoms with E-state index in [0.29, 0.717) is 22.9 Å². The molecule has 1 heterocycles. The van der Waals surface area contributed by atoms with Crippen molar-refractivity contribution in [3.8, 4) is 5.75 Å². The van der Waals surface area contributed by atoms with Gasteiger partial charge in [-0.1, -0.05) is 11.6 Å². The fourth-order valence-corrected chi connectivity index (χ4v) is 1.99. The molecule has 0 bridgehead atoms. The van der Waals surface area contributed by atoms with Crippen LogP contribution in [0.3, 0.4) is 0 Å². The molecule has 0 saturated carbocycles. The van der Waals surface area contributed by atoms with Gasteiger partial charge in [0.1, 0.15) is 11.5 Å². The molecule has 2 rings (SSSR count). The Labute approximate surface area is 127 Å². The summed E-state index contributed by atoms with van der Waals surface area (Å²) in [6.07, 6.45) is 0.594. The summed E-state index contributed by atoms with van der Waals surface area (Å²) in [5.41, 5.74) is 3.11. The van der Waals surface area contributed by atoms with E-state index in [1.54, 1.807) is 18.2 Å². The minimum atomic E-state index is -0.358. The van der Waals surface area contributed by atoms with Crippen molar-refractivity contribution in [1.82, 2.24) is 5.43 Å². The molecule has 2 amide bonds. The van der Waals surface area contributed by atoms with Gasteiger partial charge in [-0.05, 0) is 32.0 Å². The molecule has 1 aromatic rings. The molecule has 2 N–H and O–H groups in total. The fraction of sp³-hybridized carbons (Fsp3) is 0.357. The monoisotopic (exact) mass is 309 g/mol. The standard InChI is InChI=1S/C14H16ClN3O3/c1-8(2)21-12-5-3-9(7-10(12)15)16-14(20)11-4-6-13(19)18-17-11/h3,5,7-8H,4,6H2,1-2H3,(H,16,20)(H,18,19). The Hall–Kier alpha value is -2.08. The van der Waals surface area contributed by atoms with E-state index in [4.69, 9.17) is 16.3 Å². The van der Waals surface area contributed by atoms with Crippen molar-refractivity contribution in [1.29, 1.82) is 0 Å². The van der Waals surface area contributed by atoms with Crippen molar-refractivity contribution in [2.75, 3.05) is 5.32 Å². The van der Waals surface area contributed by atoms with Crippen molar-refractivity contribution in [3.05, 3.63) is 23.2 Å². The zero-order valence-electron chi connectivity index (χ0n) is 11.8. The molecule has 1 aliphatic heterocycles. The Kier molecular flexibility index (Phi) is 4.80. The van der Waals surface area contributed by atoms with E-state index in [-0.39, 0.29) is 30.1 Å². The third-order valence-corrected chi connectivity index (χ3v) is 3.01. The molecule has 0 saturated heterocycles. The molecule has 0 aromatic heterocycles. The van der Waals surface area contributed by atoms with E-state index in [2.05, 4.69) is 15.8 Å². The lowest BCUT2D eigenvalue weighted by atomic mass is 10.1. The number of nitrogens with one attached hydrogen (secondary N) is 2. The van der Waals surface area contributed by atoms with Gasteiger partial charge in [0.25, 0.3) is 5.91 Å². The van der Waals surface area contributed by atoms with Crippen LogP contribution in [-0.2, 0) is 9.59 Å². The van der Waals surface area contributed by atoms with Crippen molar-refractivity contribution in [3.63, 3.8) is 0 Å². The summed E-state index contributed by atoms with van der Waals surface area (Å²) in [6.45, 7) is 3.81. The van der Waals surface area contributed by atoms with Crippen LogP contribution in [0, 0.1) is 0 Å². The average molecular weight is 310 g/mol. The Balaban J connectivity index is 2.04. The summed E-state index contributed by atoms with van der Waals surface area (Å²) in [5.74, 6) is 0.0142. The number of amides is 2. The highest BCUT2D eigenvalue weighted by Crippen LogP contribution is 2.28. The highest BCUT2D eigenvalue weighted by atomic mass is 35.5. The second-order valence-electron chi connectivity index (χ2n) is 4.86. The van der Waals surface area contributed by atoms with Gasteiger partial charge in [0.05, 0.1) is 11.1 Å². The molecule has 21 heavy (non-hydrogen) atoms. The van der Waals surface area contributed by atoms with Crippen molar-refractivity contribution < 1.29 is 14.3 Å². The van der Waals surface area contributed by atoms with Crippen LogP contribution in [0.1, 0.15) is 26.7 Å². The average Bonchev–Trinajstić information content (AvgIpc) is 2.42. The number of halogens is 1. The van der Waals surface area contributed by atoms with E-state index < -0.39 is 0 Å². The van der Waals surface area contributed by atoms with Gasteiger partial charge in [-0.2, -0.15) is 5.10 Å². The second kappa shape index (κ2) is 6.58. The minimum Gasteiger partial charge on any atom is -0.489 e. The van der Waals surface area contributed by atoms with Gasteiger partial charge in [0.15, 0.2) is 0 Å². The van der Waals surface area contributed by atoms with Gasteiger partial charge in [0, 0.05) is 18.5 Å². The summed E-state index contributed by atoms with van der Waals surface area (Å²) in [4.78, 5) is 23.0. The first-order chi connectivity index (χ1) is 9.95. The molecule has 7 heteroatoms. The van der Waals surface area contributed by atoms with Crippen molar-refractivity contribution in [2.45, 2.75) is 32.8 Å². The number of rotatable bonds is 4. The number of carbonyl (C=O) groups is 2. The van der Waals surface area contributed by atoms with Gasteiger partial charge < -0.3 is 10.1 Å². The molecule has 0 aliphatic carbocycles. The number of anilines is 1. The van der Waals surface area contributed by atoms with Crippen LogP contribution in [0.4, 0.5) is 5.69 Å². The molecular formula is C14H16ClN3O3. The number of carbonyl (C=O) groups excluding carboxylic acids is 2. The SMILES string of the molecule is CC(C)Oc1ccc(NC(=O)C2=NNC(=O)CC2)cc1Cl. The lowest BCUT2D eigenvalue weighted by Gasteiger charge is -2.14. The lowest BCUT2D eigenvalue weighted by molar-refractivity contribution is -0.121. The van der Waals surface area contributed by atoms with Crippen LogP contribution in [0.15, 0.2) is 23.3 Å². The largest absolute Gasteiger partial charge is 0.489 e. The zero-order valence-corrected chi connectivity index (χ0v) is 12.5. The molecule has 0 spiro atoms. The van der Waals surface area contributed by atoms with E-state index in [1.807, 2.05) is 13.8 Å². The first kappa shape index (κ1) is 15.3. The Morgan fingerprint density at radius 1 is 1.43 bits per heavy atom. The van der Waals surface area contributed by atoms with Crippen LogP contribution in [-0.4, -0.2) is 23.6 Å². The predicted octanol–water partition coefficient (Wildman–Crippen LogP) is 2.33. The number of nitrogens with zero attached hydrogens (tertiary/aromatic N) is 1. The number of hydrazone groups is 1. The van der Waals surface area contributed by atoms with Gasteiger partial charge in [-0.15, -0.1) is 0 Å². The van der Waals surface area contributed by atoms with E-state index in [1.165, 1.54) is 0 Å². The lowest BCUT2D eigenvalue weighted by Crippen LogP contribution is -2.32. The quantitative estimate of drug-likeness (QED) is 0.896. The number of benzene rings is 1. The fourth-order valence-electron chi connectivity index (χ4n) is 1.77. The van der Waals surface area contributed by atoms with Crippen LogP contribution < -0.4 is 15.5 Å². The topological polar surface area (TPSA) is 79.8 Å². The van der Waals surface area contributed by atoms with Crippen LogP contribution in [0.5, 0.6) is 5.75 Å². The van der Waals surface area contributed by atoms with Crippen molar-refractivity contribution >= 4 is 34.8 Å². The predicted molar refractivity (Wildman–Crippen MR) is 80.7 cm³/mol. The summed E-state index contributed by atoms with van der Waals surface area (Å²) in [6, 6.07) is 5.00. The summed E-state index contributed by atoms with van der Waals surface area (Å²) < 4.78 is 5.52. The maximum absolute atomic E-state index is 12.0. The van der Waals surface area contributed by atoms with Crippen LogP contribution >= 0.6 is 11.6 Å². The Morgan fingerprint density at radius 3 is 2.76 bits per heavy atom. The van der Waals surface area contributed by atoms with Crippen LogP contribution in [0.25, 0.3) is 0 Å². The molecule has 0 unspecified atom stereocenters. The van der Waals surface area contributed by atoms with E-state index >= 15 is 0 Å². The number of hydrogen-bond acceptors (Lipinski definition) is 4. The zero-order chi connectivity index (χ0) is 15.4. The second-order valence-corrected chi connectivity index (χ2v) is 5.27. The summed E-state index contributed by atoms with van der Waals surface area (Å²) >= 11 is 6.10. The highest BCUT2D eigenvalue weighted by Gasteiger charge is 2.18. The van der Waals surface area contributed by atoms with Gasteiger partial charge in [0.2, 0.25) is 5.91 Å². The molecule has 0 radical (unpaired) electrons. The molecule has 6 nitrogen and oxygen atoms in total. The first-order valence-electron chi connectivity index (χ1n) is 6.58. The smallest absolute Gasteiger partial charge is 0.271 e. The highest BCUT2D eigenvalue weighted by molar-refractivity contribution is 6.43. The molecular weight excluding hydrogens is 294 g/mol. The first-order valence-corrected chi connectivity index (χ1v) is 6.96. The number of hydrogen-bond donors (Lipinski definition) is 2. The third kappa shape index (κ3) is 4.19. The molecule has 1 aliphatic rings. The van der Waals surface area contributed by atoms with E-state index in [9.17, 15) is 9.59 Å². The summed E-state index contributed by atoms with van der Waals surface area (Å²) in [5, 5.41) is 6.84. The minimum absolute atomic E-state index is 0.0168. The molecule has 112 valence electrons. The number of ether oxygens (including phenoxy) is 1. The summed E-state index contributed by atoms with van der Waals surface area (Å²) in [7, 11) is 0. The Morgan fingerprint density at radius 2 is 2.19 bits per heavy atom. The van der Waals surface area contributed by atoms with Gasteiger partial charge in [-0.3, -0.25) is 9.59 Å². The van der Waals surface area contributed by atoms with Gasteiger partial charge >= 0.3 is 0 Å². The molecule has 0 fully saturated rings. The van der Waals surface area contributed by atoms with Crippen LogP contribution in [0.2, 0.25) is 5.02 Å². The third-order valence-electron chi connectivity index (χ3n) is 2.72.